The number of methoxy groups -OCH3 is 1. The van der Waals surface area contributed by atoms with Gasteiger partial charge in [0, 0.05) is 13.7 Å². The summed E-state index contributed by atoms with van der Waals surface area (Å²) < 4.78 is 4.96. The number of nitrogens with one attached hydrogen (secondary N) is 2. The van der Waals surface area contributed by atoms with E-state index in [-0.39, 0.29) is 5.91 Å². The Kier molecular flexibility index (Phi) is 5.91. The molecule has 2 N–H and O–H groups in total. The van der Waals surface area contributed by atoms with Gasteiger partial charge in [-0.3, -0.25) is 4.79 Å². The Labute approximate surface area is 130 Å². The number of carbonyl (C=O) groups excluding carboxylic acids is 1. The number of pyridine rings is 1. The molecule has 22 heavy (non-hydrogen) atoms. The van der Waals surface area contributed by atoms with Crippen molar-refractivity contribution in [2.75, 3.05) is 30.9 Å². The van der Waals surface area contributed by atoms with Crippen LogP contribution in [0, 0.1) is 6.92 Å². The Balaban J connectivity index is 1.88. The number of hydrogen-bond acceptors (Lipinski definition) is 4. The lowest BCUT2D eigenvalue weighted by atomic mass is 10.1. The van der Waals surface area contributed by atoms with E-state index in [0.717, 1.165) is 16.9 Å². The molecule has 0 spiro atoms. The molecule has 0 atom stereocenters. The maximum atomic E-state index is 12.1. The first kappa shape index (κ1) is 16.0. The zero-order valence-electron chi connectivity index (χ0n) is 12.9. The lowest BCUT2D eigenvalue weighted by Crippen LogP contribution is -2.15. The van der Waals surface area contributed by atoms with E-state index in [1.54, 1.807) is 13.3 Å². The van der Waals surface area contributed by atoms with E-state index in [9.17, 15) is 4.79 Å². The van der Waals surface area contributed by atoms with Crippen LogP contribution in [-0.2, 0) is 16.0 Å². The predicted octanol–water partition coefficient (Wildman–Crippen LogP) is 2.63. The fraction of sp³-hybridized carbons (Fsp3) is 0.294. The van der Waals surface area contributed by atoms with Crippen LogP contribution in [0.2, 0.25) is 0 Å². The van der Waals surface area contributed by atoms with Gasteiger partial charge in [-0.2, -0.15) is 0 Å². The molecule has 1 aromatic heterocycles. The third-order valence-electron chi connectivity index (χ3n) is 3.27. The van der Waals surface area contributed by atoms with Crippen molar-refractivity contribution in [1.29, 1.82) is 0 Å². The van der Waals surface area contributed by atoms with Crippen molar-refractivity contribution < 1.29 is 9.53 Å². The summed E-state index contributed by atoms with van der Waals surface area (Å²) in [6, 6.07) is 11.5. The Hall–Kier alpha value is -2.40. The lowest BCUT2D eigenvalue weighted by molar-refractivity contribution is -0.115. The molecule has 2 aromatic rings. The van der Waals surface area contributed by atoms with E-state index in [0.29, 0.717) is 25.3 Å². The summed E-state index contributed by atoms with van der Waals surface area (Å²) in [7, 11) is 1.65. The minimum absolute atomic E-state index is 0.0452. The third kappa shape index (κ3) is 4.86. The monoisotopic (exact) mass is 299 g/mol. The first-order valence-corrected chi connectivity index (χ1v) is 7.22. The van der Waals surface area contributed by atoms with Gasteiger partial charge in [0.15, 0.2) is 0 Å². The zero-order chi connectivity index (χ0) is 15.8. The molecule has 5 nitrogen and oxygen atoms in total. The summed E-state index contributed by atoms with van der Waals surface area (Å²) in [5.74, 6) is 0.713. The number of benzene rings is 1. The van der Waals surface area contributed by atoms with Gasteiger partial charge in [-0.25, -0.2) is 4.98 Å². The highest BCUT2D eigenvalue weighted by atomic mass is 16.5. The van der Waals surface area contributed by atoms with Gasteiger partial charge in [0.25, 0.3) is 0 Å². The molecule has 0 bridgehead atoms. The van der Waals surface area contributed by atoms with E-state index in [1.807, 2.05) is 43.3 Å². The van der Waals surface area contributed by atoms with E-state index >= 15 is 0 Å². The Morgan fingerprint density at radius 1 is 1.23 bits per heavy atom. The largest absolute Gasteiger partial charge is 0.383 e. The maximum Gasteiger partial charge on any atom is 0.228 e. The second-order valence-corrected chi connectivity index (χ2v) is 5.00. The average Bonchev–Trinajstić information content (AvgIpc) is 2.51. The quantitative estimate of drug-likeness (QED) is 0.772. The Morgan fingerprint density at radius 2 is 2.05 bits per heavy atom. The van der Waals surface area contributed by atoms with Gasteiger partial charge < -0.3 is 15.4 Å². The molecule has 0 saturated carbocycles. The first-order valence-electron chi connectivity index (χ1n) is 7.22. The highest BCUT2D eigenvalue weighted by Gasteiger charge is 2.06. The molecular weight excluding hydrogens is 278 g/mol. The highest BCUT2D eigenvalue weighted by Crippen LogP contribution is 2.12. The number of hydrogen-bond donors (Lipinski definition) is 2. The molecule has 0 radical (unpaired) electrons. The van der Waals surface area contributed by atoms with Crippen LogP contribution in [0.15, 0.2) is 42.6 Å². The van der Waals surface area contributed by atoms with Gasteiger partial charge in [0.05, 0.1) is 24.9 Å². The smallest absolute Gasteiger partial charge is 0.228 e. The van der Waals surface area contributed by atoms with Crippen LogP contribution in [0.25, 0.3) is 0 Å². The van der Waals surface area contributed by atoms with Crippen LogP contribution in [-0.4, -0.2) is 31.2 Å². The number of anilines is 2. The van der Waals surface area contributed by atoms with E-state index < -0.39 is 0 Å². The fourth-order valence-corrected chi connectivity index (χ4v) is 2.04. The van der Waals surface area contributed by atoms with E-state index in [4.69, 9.17) is 4.74 Å². The molecule has 5 heteroatoms. The highest BCUT2D eigenvalue weighted by molar-refractivity contribution is 5.92. The van der Waals surface area contributed by atoms with Crippen molar-refractivity contribution in [2.24, 2.45) is 0 Å². The zero-order valence-corrected chi connectivity index (χ0v) is 12.9. The first-order chi connectivity index (χ1) is 10.7. The second kappa shape index (κ2) is 8.14. The molecule has 1 aromatic carbocycles. The molecule has 0 fully saturated rings. The predicted molar refractivity (Wildman–Crippen MR) is 88.1 cm³/mol. The molecule has 0 saturated heterocycles. The summed E-state index contributed by atoms with van der Waals surface area (Å²) in [5, 5.41) is 5.98. The Bertz CT molecular complexity index is 612. The molecule has 1 heterocycles. The van der Waals surface area contributed by atoms with Crippen LogP contribution in [0.5, 0.6) is 0 Å². The molecule has 116 valence electrons. The SMILES string of the molecule is COCCNc1ccc(NC(=O)Cc2ccccc2C)cn1. The van der Waals surface area contributed by atoms with Crippen LogP contribution >= 0.6 is 0 Å². The van der Waals surface area contributed by atoms with Crippen LogP contribution in [0.4, 0.5) is 11.5 Å². The van der Waals surface area contributed by atoms with Crippen LogP contribution in [0.1, 0.15) is 11.1 Å². The van der Waals surface area contributed by atoms with Gasteiger partial charge in [-0.05, 0) is 30.2 Å². The number of nitrogens with zero attached hydrogens (tertiary/aromatic N) is 1. The van der Waals surface area contributed by atoms with Gasteiger partial charge >= 0.3 is 0 Å². The summed E-state index contributed by atoms with van der Waals surface area (Å²) in [6.45, 7) is 3.32. The van der Waals surface area contributed by atoms with Crippen molar-refractivity contribution in [3.63, 3.8) is 0 Å². The summed E-state index contributed by atoms with van der Waals surface area (Å²) in [4.78, 5) is 16.3. The van der Waals surface area contributed by atoms with Crippen molar-refractivity contribution in [3.8, 4) is 0 Å². The van der Waals surface area contributed by atoms with Gasteiger partial charge in [0.1, 0.15) is 5.82 Å². The number of aromatic nitrogens is 1. The summed E-state index contributed by atoms with van der Waals surface area (Å²) in [6.07, 6.45) is 2.01. The number of carbonyl (C=O) groups is 1. The number of aryl methyl sites for hydroxylation is 1. The van der Waals surface area contributed by atoms with Crippen molar-refractivity contribution in [1.82, 2.24) is 4.98 Å². The average molecular weight is 299 g/mol. The third-order valence-corrected chi connectivity index (χ3v) is 3.27. The van der Waals surface area contributed by atoms with Crippen LogP contribution < -0.4 is 10.6 Å². The second-order valence-electron chi connectivity index (χ2n) is 5.00. The maximum absolute atomic E-state index is 12.1. The van der Waals surface area contributed by atoms with Crippen molar-refractivity contribution in [3.05, 3.63) is 53.7 Å². The lowest BCUT2D eigenvalue weighted by Gasteiger charge is -2.08. The topological polar surface area (TPSA) is 63.2 Å². The van der Waals surface area contributed by atoms with E-state index in [2.05, 4.69) is 15.6 Å². The van der Waals surface area contributed by atoms with Crippen molar-refractivity contribution >= 4 is 17.4 Å². The Morgan fingerprint density at radius 3 is 2.73 bits per heavy atom. The minimum Gasteiger partial charge on any atom is -0.383 e. The molecule has 0 unspecified atom stereocenters. The van der Waals surface area contributed by atoms with Crippen molar-refractivity contribution in [2.45, 2.75) is 13.3 Å². The molecule has 0 aliphatic rings. The molecular formula is C17H21N3O2. The number of amides is 1. The summed E-state index contributed by atoms with van der Waals surface area (Å²) >= 11 is 0. The minimum atomic E-state index is -0.0452. The normalized spacial score (nSPS) is 10.3. The van der Waals surface area contributed by atoms with Gasteiger partial charge in [-0.1, -0.05) is 24.3 Å². The molecule has 2 rings (SSSR count). The summed E-state index contributed by atoms with van der Waals surface area (Å²) in [5.41, 5.74) is 2.84. The van der Waals surface area contributed by atoms with E-state index in [1.165, 1.54) is 0 Å². The fourth-order valence-electron chi connectivity index (χ4n) is 2.04. The molecule has 0 aliphatic heterocycles. The van der Waals surface area contributed by atoms with Gasteiger partial charge in [0.2, 0.25) is 5.91 Å². The number of rotatable bonds is 7. The number of ether oxygens (including phenoxy) is 1. The standard InChI is InChI=1S/C17H21N3O2/c1-13-5-3-4-6-14(13)11-17(21)20-15-7-8-16(19-12-15)18-9-10-22-2/h3-8,12H,9-11H2,1-2H3,(H,18,19)(H,20,21). The van der Waals surface area contributed by atoms with Gasteiger partial charge in [-0.15, -0.1) is 0 Å². The molecule has 1 amide bonds. The molecule has 0 aliphatic carbocycles. The van der Waals surface area contributed by atoms with Crippen LogP contribution in [0.3, 0.4) is 0 Å².